The third-order valence-corrected chi connectivity index (χ3v) is 5.39. The molecule has 1 aliphatic carbocycles. The Morgan fingerprint density at radius 3 is 2.82 bits per heavy atom. The summed E-state index contributed by atoms with van der Waals surface area (Å²) in [6.07, 6.45) is 2.60. The highest BCUT2D eigenvalue weighted by Crippen LogP contribution is 2.35. The molecule has 0 saturated carbocycles. The van der Waals surface area contributed by atoms with Crippen LogP contribution < -0.4 is 0 Å². The molecule has 2 aromatic heterocycles. The van der Waals surface area contributed by atoms with Gasteiger partial charge in [0.25, 0.3) is 5.69 Å². The molecule has 0 unspecified atom stereocenters. The van der Waals surface area contributed by atoms with Gasteiger partial charge in [0.15, 0.2) is 5.78 Å². The lowest BCUT2D eigenvalue weighted by Crippen LogP contribution is -2.14. The first kappa shape index (κ1) is 16.6. The smallest absolute Gasteiger partial charge is 0.269 e. The van der Waals surface area contributed by atoms with Crippen LogP contribution in [0.2, 0.25) is 0 Å². The molecule has 4 aromatic rings. The third kappa shape index (κ3) is 2.57. The number of aryl methyl sites for hydroxylation is 1. The number of benzene rings is 2. The van der Waals surface area contributed by atoms with Crippen LogP contribution >= 0.6 is 0 Å². The second kappa shape index (κ2) is 6.27. The van der Waals surface area contributed by atoms with Gasteiger partial charge in [-0.05, 0) is 24.5 Å². The molecule has 0 amide bonds. The second-order valence-corrected chi connectivity index (χ2v) is 7.18. The number of aromatic nitrogens is 2. The van der Waals surface area contributed by atoms with Crippen molar-refractivity contribution in [2.45, 2.75) is 25.7 Å². The summed E-state index contributed by atoms with van der Waals surface area (Å²) in [5, 5.41) is 13.1. The maximum Gasteiger partial charge on any atom is 0.269 e. The van der Waals surface area contributed by atoms with Crippen molar-refractivity contribution in [2.24, 2.45) is 0 Å². The number of non-ortho nitro benzene ring substituents is 1. The van der Waals surface area contributed by atoms with Crippen LogP contribution in [0.25, 0.3) is 21.8 Å². The van der Waals surface area contributed by atoms with Crippen molar-refractivity contribution < 1.29 is 9.72 Å². The summed E-state index contributed by atoms with van der Waals surface area (Å²) in [6.45, 7) is 0. The Morgan fingerprint density at radius 1 is 1.11 bits per heavy atom. The van der Waals surface area contributed by atoms with Gasteiger partial charge in [-0.25, -0.2) is 0 Å². The van der Waals surface area contributed by atoms with E-state index < -0.39 is 0 Å². The van der Waals surface area contributed by atoms with Crippen LogP contribution in [0.5, 0.6) is 0 Å². The molecule has 0 bridgehead atoms. The molecule has 138 valence electrons. The van der Waals surface area contributed by atoms with E-state index in [2.05, 4.69) is 4.98 Å². The fourth-order valence-corrected chi connectivity index (χ4v) is 4.16. The summed E-state index contributed by atoms with van der Waals surface area (Å²) in [7, 11) is 0. The second-order valence-electron chi connectivity index (χ2n) is 7.18. The Labute approximate surface area is 160 Å². The summed E-state index contributed by atoms with van der Waals surface area (Å²) in [6, 6.07) is 14.6. The number of nitrogens with zero attached hydrogens (tertiary/aromatic N) is 2. The number of nitro groups is 1. The Hall–Kier alpha value is -3.54. The minimum atomic E-state index is -0.388. The monoisotopic (exact) mass is 371 g/mol. The van der Waals surface area contributed by atoms with Crippen LogP contribution in [-0.2, 0) is 12.8 Å². The van der Waals surface area contributed by atoms with Gasteiger partial charge in [0.1, 0.15) is 0 Å². The predicted molar refractivity (Wildman–Crippen MR) is 107 cm³/mol. The van der Waals surface area contributed by atoms with Gasteiger partial charge < -0.3 is 4.98 Å². The molecule has 1 aliphatic rings. The molecule has 5 rings (SSSR count). The molecular weight excluding hydrogens is 354 g/mol. The fraction of sp³-hybridized carbons (Fsp3) is 0.182. The first-order chi connectivity index (χ1) is 13.6. The van der Waals surface area contributed by atoms with E-state index in [1.165, 1.54) is 6.07 Å². The zero-order chi connectivity index (χ0) is 19.3. The van der Waals surface area contributed by atoms with Crippen molar-refractivity contribution in [2.75, 3.05) is 0 Å². The molecule has 0 atom stereocenters. The van der Waals surface area contributed by atoms with Crippen LogP contribution in [0.3, 0.4) is 0 Å². The first-order valence-corrected chi connectivity index (χ1v) is 9.30. The van der Waals surface area contributed by atoms with Crippen molar-refractivity contribution >= 4 is 33.3 Å². The predicted octanol–water partition coefficient (Wildman–Crippen LogP) is 4.73. The number of rotatable bonds is 3. The Kier molecular flexibility index (Phi) is 3.72. The van der Waals surface area contributed by atoms with Crippen molar-refractivity contribution in [3.63, 3.8) is 0 Å². The van der Waals surface area contributed by atoms with Gasteiger partial charge in [-0.15, -0.1) is 0 Å². The topological polar surface area (TPSA) is 88.9 Å². The van der Waals surface area contributed by atoms with Gasteiger partial charge >= 0.3 is 0 Å². The van der Waals surface area contributed by atoms with E-state index >= 15 is 0 Å². The number of Topliss-reactive ketones (excluding diaryl/α,β-unsaturated/α-hetero) is 1. The highest BCUT2D eigenvalue weighted by Gasteiger charge is 2.25. The summed E-state index contributed by atoms with van der Waals surface area (Å²) in [5.41, 5.74) is 5.10. The van der Waals surface area contributed by atoms with Crippen LogP contribution in [-0.4, -0.2) is 20.7 Å². The van der Waals surface area contributed by atoms with Gasteiger partial charge in [0.05, 0.1) is 21.8 Å². The number of aromatic amines is 1. The highest BCUT2D eigenvalue weighted by atomic mass is 16.6. The molecule has 1 N–H and O–H groups in total. The van der Waals surface area contributed by atoms with E-state index in [-0.39, 0.29) is 16.4 Å². The number of hydrogen-bond donors (Lipinski definition) is 1. The number of pyridine rings is 1. The zero-order valence-electron chi connectivity index (χ0n) is 15.1. The molecule has 6 heteroatoms. The summed E-state index contributed by atoms with van der Waals surface area (Å²) in [5.74, 6) is 0.144. The van der Waals surface area contributed by atoms with Crippen LogP contribution in [0, 0.1) is 10.1 Å². The van der Waals surface area contributed by atoms with E-state index in [1.54, 1.807) is 12.1 Å². The van der Waals surface area contributed by atoms with E-state index in [0.29, 0.717) is 12.8 Å². The van der Waals surface area contributed by atoms with Gasteiger partial charge in [-0.1, -0.05) is 30.3 Å². The standard InChI is InChI=1S/C22H17N3O3/c26-19-10-4-9-17-21(19)20-15-7-1-2-8-16(15)24-22(20)18(23-17)12-13-5-3-6-14(11-13)25(27)28/h1-3,5-8,11,24H,4,9-10,12H2. The Bertz CT molecular complexity index is 1270. The third-order valence-electron chi connectivity index (χ3n) is 5.39. The quantitative estimate of drug-likeness (QED) is 0.416. The normalized spacial score (nSPS) is 13.8. The lowest BCUT2D eigenvalue weighted by Gasteiger charge is -2.17. The number of nitrogens with one attached hydrogen (secondary N) is 1. The molecule has 0 aliphatic heterocycles. The number of para-hydroxylation sites is 1. The lowest BCUT2D eigenvalue weighted by molar-refractivity contribution is -0.384. The molecule has 0 spiro atoms. The maximum atomic E-state index is 12.7. The first-order valence-electron chi connectivity index (χ1n) is 9.30. The average molecular weight is 371 g/mol. The molecule has 6 nitrogen and oxygen atoms in total. The minimum Gasteiger partial charge on any atom is -0.353 e. The average Bonchev–Trinajstić information content (AvgIpc) is 3.08. The van der Waals surface area contributed by atoms with E-state index in [9.17, 15) is 14.9 Å². The number of hydrogen-bond acceptors (Lipinski definition) is 4. The number of ketones is 1. The fourth-order valence-electron chi connectivity index (χ4n) is 4.16. The summed E-state index contributed by atoms with van der Waals surface area (Å²) >= 11 is 0. The molecule has 28 heavy (non-hydrogen) atoms. The summed E-state index contributed by atoms with van der Waals surface area (Å²) < 4.78 is 0. The molecule has 0 saturated heterocycles. The molecule has 0 fully saturated rings. The minimum absolute atomic E-state index is 0.0681. The van der Waals surface area contributed by atoms with E-state index in [4.69, 9.17) is 4.98 Å². The summed E-state index contributed by atoms with van der Waals surface area (Å²) in [4.78, 5) is 31.7. The van der Waals surface area contributed by atoms with E-state index in [1.807, 2.05) is 30.3 Å². The maximum absolute atomic E-state index is 12.7. The number of H-pyrrole nitrogens is 1. The van der Waals surface area contributed by atoms with Crippen LogP contribution in [0.4, 0.5) is 5.69 Å². The van der Waals surface area contributed by atoms with Gasteiger partial charge in [-0.2, -0.15) is 0 Å². The van der Waals surface area contributed by atoms with Crippen molar-refractivity contribution in [3.05, 3.63) is 81.2 Å². The zero-order valence-corrected chi connectivity index (χ0v) is 15.1. The Morgan fingerprint density at radius 2 is 1.96 bits per heavy atom. The van der Waals surface area contributed by atoms with Crippen LogP contribution in [0.15, 0.2) is 48.5 Å². The molecule has 2 heterocycles. The number of carbonyl (C=O) groups is 1. The largest absolute Gasteiger partial charge is 0.353 e. The number of nitro benzene ring substituents is 1. The number of carbonyl (C=O) groups excluding carboxylic acids is 1. The SMILES string of the molecule is O=C1CCCc2nc(Cc3cccc([N+](=O)[O-])c3)c3[nH]c4ccccc4c3c21. The van der Waals surface area contributed by atoms with Crippen molar-refractivity contribution in [3.8, 4) is 0 Å². The molecule has 2 aromatic carbocycles. The molecule has 0 radical (unpaired) electrons. The van der Waals surface area contributed by atoms with Gasteiger partial charge in [-0.3, -0.25) is 19.9 Å². The van der Waals surface area contributed by atoms with Gasteiger partial charge in [0, 0.05) is 46.8 Å². The van der Waals surface area contributed by atoms with Gasteiger partial charge in [0.2, 0.25) is 0 Å². The molecular formula is C22H17N3O3. The Balaban J connectivity index is 1.76. The number of fused-ring (bicyclic) bond motifs is 5. The lowest BCUT2D eigenvalue weighted by atomic mass is 9.90. The van der Waals surface area contributed by atoms with Crippen molar-refractivity contribution in [1.29, 1.82) is 0 Å². The highest BCUT2D eigenvalue weighted by molar-refractivity contribution is 6.19. The van der Waals surface area contributed by atoms with Crippen LogP contribution in [0.1, 0.15) is 40.2 Å². The van der Waals surface area contributed by atoms with Crippen molar-refractivity contribution in [1.82, 2.24) is 9.97 Å². The van der Waals surface area contributed by atoms with E-state index in [0.717, 1.165) is 57.2 Å².